The molecule has 4 heteroatoms. The van der Waals surface area contributed by atoms with Crippen LogP contribution in [0, 0.1) is 0 Å². The third-order valence-corrected chi connectivity index (χ3v) is 4.37. The fourth-order valence-electron chi connectivity index (χ4n) is 3.24. The molecule has 0 spiro atoms. The van der Waals surface area contributed by atoms with Crippen molar-refractivity contribution < 1.29 is 19.4 Å². The summed E-state index contributed by atoms with van der Waals surface area (Å²) in [4.78, 5) is 11.9. The molecule has 4 nitrogen and oxygen atoms in total. The maximum atomic E-state index is 11.9. The first-order valence-corrected chi connectivity index (χ1v) is 7.07. The second kappa shape index (κ2) is 5.73. The van der Waals surface area contributed by atoms with Gasteiger partial charge >= 0.3 is 5.97 Å². The molecule has 0 saturated heterocycles. The van der Waals surface area contributed by atoms with Crippen LogP contribution in [0.2, 0.25) is 0 Å². The molecule has 110 valence electrons. The zero-order valence-electron chi connectivity index (χ0n) is 12.4. The highest BCUT2D eigenvalue weighted by Crippen LogP contribution is 2.45. The molecule has 1 aromatic rings. The van der Waals surface area contributed by atoms with Crippen molar-refractivity contribution in [2.45, 2.75) is 44.4 Å². The normalized spacial score (nSPS) is 16.9. The number of carboxylic acid groups (broad SMARTS) is 1. The van der Waals surface area contributed by atoms with Crippen LogP contribution >= 0.6 is 0 Å². The fourth-order valence-corrected chi connectivity index (χ4v) is 3.24. The van der Waals surface area contributed by atoms with Crippen LogP contribution in [0.5, 0.6) is 11.5 Å². The van der Waals surface area contributed by atoms with Gasteiger partial charge in [-0.15, -0.1) is 0 Å². The first-order chi connectivity index (χ1) is 9.58. The Balaban J connectivity index is 2.62. The van der Waals surface area contributed by atoms with Gasteiger partial charge < -0.3 is 14.6 Å². The van der Waals surface area contributed by atoms with Crippen LogP contribution in [0.1, 0.15) is 43.7 Å². The van der Waals surface area contributed by atoms with Gasteiger partial charge in [-0.25, -0.2) is 0 Å². The summed E-state index contributed by atoms with van der Waals surface area (Å²) in [5.74, 6) is 0.538. The van der Waals surface area contributed by atoms with Crippen molar-refractivity contribution in [3.63, 3.8) is 0 Å². The predicted octanol–water partition coefficient (Wildman–Crippen LogP) is 3.16. The van der Waals surface area contributed by atoms with Gasteiger partial charge in [-0.1, -0.05) is 19.8 Å². The number of rotatable bonds is 5. The second-order valence-electron chi connectivity index (χ2n) is 5.31. The lowest BCUT2D eigenvalue weighted by Crippen LogP contribution is -2.33. The number of ether oxygens (including phenoxy) is 2. The molecule has 0 unspecified atom stereocenters. The topological polar surface area (TPSA) is 55.8 Å². The van der Waals surface area contributed by atoms with E-state index in [9.17, 15) is 9.90 Å². The lowest BCUT2D eigenvalue weighted by molar-refractivity contribution is -0.143. The zero-order chi connectivity index (χ0) is 14.8. The van der Waals surface area contributed by atoms with Gasteiger partial charge in [0.05, 0.1) is 19.6 Å². The third-order valence-electron chi connectivity index (χ3n) is 4.37. The molecule has 1 aliphatic carbocycles. The number of aliphatic carboxylic acids is 1. The molecule has 0 amide bonds. The highest BCUT2D eigenvalue weighted by atomic mass is 16.5. The Hall–Kier alpha value is -1.71. The maximum Gasteiger partial charge on any atom is 0.314 e. The minimum atomic E-state index is -0.759. The average molecular weight is 278 g/mol. The number of hydrogen-bond donors (Lipinski definition) is 1. The van der Waals surface area contributed by atoms with Gasteiger partial charge in [-0.2, -0.15) is 0 Å². The van der Waals surface area contributed by atoms with Crippen molar-refractivity contribution in [2.24, 2.45) is 0 Å². The first-order valence-electron chi connectivity index (χ1n) is 7.07. The molecule has 0 heterocycles. The van der Waals surface area contributed by atoms with E-state index in [1.54, 1.807) is 14.2 Å². The Morgan fingerprint density at radius 2 is 1.75 bits per heavy atom. The minimum Gasteiger partial charge on any atom is -0.493 e. The average Bonchev–Trinajstić information content (AvgIpc) is 2.96. The van der Waals surface area contributed by atoms with E-state index in [4.69, 9.17) is 9.47 Å². The van der Waals surface area contributed by atoms with Crippen LogP contribution in [-0.2, 0) is 16.6 Å². The summed E-state index contributed by atoms with van der Waals surface area (Å²) in [6.45, 7) is 2.04. The van der Waals surface area contributed by atoms with E-state index in [2.05, 4.69) is 0 Å². The highest BCUT2D eigenvalue weighted by molar-refractivity contribution is 5.83. The van der Waals surface area contributed by atoms with E-state index in [1.807, 2.05) is 19.1 Å². The first kappa shape index (κ1) is 14.7. The molecule has 0 radical (unpaired) electrons. The summed E-state index contributed by atoms with van der Waals surface area (Å²) in [6, 6.07) is 3.77. The molecule has 1 fully saturated rings. The molecular weight excluding hydrogens is 256 g/mol. The van der Waals surface area contributed by atoms with Gasteiger partial charge in [-0.3, -0.25) is 4.79 Å². The highest BCUT2D eigenvalue weighted by Gasteiger charge is 2.44. The summed E-state index contributed by atoms with van der Waals surface area (Å²) in [5, 5.41) is 9.76. The standard InChI is InChI=1S/C16H22O4/c1-4-11-9-13(19-2)14(20-3)10-12(11)16(15(17)18)7-5-6-8-16/h9-10H,4-8H2,1-3H3,(H,17,18). The van der Waals surface area contributed by atoms with Crippen LogP contribution in [0.15, 0.2) is 12.1 Å². The quantitative estimate of drug-likeness (QED) is 0.899. The molecule has 0 aliphatic heterocycles. The van der Waals surface area contributed by atoms with Crippen LogP contribution in [0.4, 0.5) is 0 Å². The van der Waals surface area contributed by atoms with E-state index in [0.29, 0.717) is 24.3 Å². The zero-order valence-corrected chi connectivity index (χ0v) is 12.4. The summed E-state index contributed by atoms with van der Waals surface area (Å²) in [6.07, 6.45) is 4.11. The summed E-state index contributed by atoms with van der Waals surface area (Å²) in [5.41, 5.74) is 1.17. The Morgan fingerprint density at radius 3 is 2.20 bits per heavy atom. The predicted molar refractivity (Wildman–Crippen MR) is 76.7 cm³/mol. The van der Waals surface area contributed by atoms with Crippen LogP contribution in [-0.4, -0.2) is 25.3 Å². The van der Waals surface area contributed by atoms with E-state index >= 15 is 0 Å². The van der Waals surface area contributed by atoms with Crippen molar-refractivity contribution in [2.75, 3.05) is 14.2 Å². The van der Waals surface area contributed by atoms with Gasteiger partial charge in [-0.05, 0) is 42.5 Å². The Kier molecular flexibility index (Phi) is 4.21. The number of hydrogen-bond acceptors (Lipinski definition) is 3. The van der Waals surface area contributed by atoms with Crippen LogP contribution in [0.3, 0.4) is 0 Å². The maximum absolute atomic E-state index is 11.9. The lowest BCUT2D eigenvalue weighted by Gasteiger charge is -2.28. The Bertz CT molecular complexity index is 501. The van der Waals surface area contributed by atoms with Crippen LogP contribution < -0.4 is 9.47 Å². The lowest BCUT2D eigenvalue weighted by atomic mass is 9.76. The van der Waals surface area contributed by atoms with Gasteiger partial charge in [0, 0.05) is 0 Å². The van der Waals surface area contributed by atoms with Crippen molar-refractivity contribution in [3.05, 3.63) is 23.3 Å². The molecule has 1 aliphatic rings. The number of benzene rings is 1. The molecule has 2 rings (SSSR count). The molecule has 0 aromatic heterocycles. The van der Waals surface area contributed by atoms with Gasteiger partial charge in [0.2, 0.25) is 0 Å². The molecule has 0 atom stereocenters. The monoisotopic (exact) mass is 278 g/mol. The summed E-state index contributed by atoms with van der Waals surface area (Å²) >= 11 is 0. The number of aryl methyl sites for hydroxylation is 1. The van der Waals surface area contributed by atoms with Gasteiger partial charge in [0.15, 0.2) is 11.5 Å². The number of carbonyl (C=O) groups is 1. The molecule has 0 bridgehead atoms. The van der Waals surface area contributed by atoms with Crippen molar-refractivity contribution in [3.8, 4) is 11.5 Å². The van der Waals surface area contributed by atoms with Gasteiger partial charge in [0.25, 0.3) is 0 Å². The third kappa shape index (κ3) is 2.23. The smallest absolute Gasteiger partial charge is 0.314 e. The van der Waals surface area contributed by atoms with Crippen molar-refractivity contribution in [1.29, 1.82) is 0 Å². The minimum absolute atomic E-state index is 0.604. The van der Waals surface area contributed by atoms with Gasteiger partial charge in [0.1, 0.15) is 0 Å². The SMILES string of the molecule is CCc1cc(OC)c(OC)cc1C1(C(=O)O)CCCC1. The molecule has 1 saturated carbocycles. The van der Waals surface area contributed by atoms with E-state index in [0.717, 1.165) is 30.4 Å². The fraction of sp³-hybridized carbons (Fsp3) is 0.562. The Labute approximate surface area is 119 Å². The van der Waals surface area contributed by atoms with E-state index < -0.39 is 11.4 Å². The Morgan fingerprint density at radius 1 is 1.20 bits per heavy atom. The largest absolute Gasteiger partial charge is 0.493 e. The number of carboxylic acids is 1. The molecule has 1 aromatic carbocycles. The van der Waals surface area contributed by atoms with Crippen molar-refractivity contribution in [1.82, 2.24) is 0 Å². The van der Waals surface area contributed by atoms with Crippen LogP contribution in [0.25, 0.3) is 0 Å². The molecule has 20 heavy (non-hydrogen) atoms. The summed E-state index contributed by atoms with van der Waals surface area (Å²) < 4.78 is 10.7. The van der Waals surface area contributed by atoms with Crippen molar-refractivity contribution >= 4 is 5.97 Å². The number of methoxy groups -OCH3 is 2. The molecular formula is C16H22O4. The second-order valence-corrected chi connectivity index (χ2v) is 5.31. The van der Waals surface area contributed by atoms with E-state index in [-0.39, 0.29) is 0 Å². The van der Waals surface area contributed by atoms with E-state index in [1.165, 1.54) is 0 Å². The molecule has 1 N–H and O–H groups in total. The summed E-state index contributed by atoms with van der Waals surface area (Å²) in [7, 11) is 3.18.